The van der Waals surface area contributed by atoms with Gasteiger partial charge in [-0.2, -0.15) is 0 Å². The van der Waals surface area contributed by atoms with Gasteiger partial charge in [0.1, 0.15) is 0 Å². The summed E-state index contributed by atoms with van der Waals surface area (Å²) < 4.78 is 0. The Morgan fingerprint density at radius 3 is 2.59 bits per heavy atom. The molecule has 0 heterocycles. The summed E-state index contributed by atoms with van der Waals surface area (Å²) in [6.45, 7) is 8.18. The van der Waals surface area contributed by atoms with Crippen LogP contribution in [0.15, 0.2) is 0 Å². The van der Waals surface area contributed by atoms with Crippen molar-refractivity contribution in [3.05, 3.63) is 0 Å². The molecular weight excluding hydrogens is 216 g/mol. The molecule has 1 rings (SSSR count). The van der Waals surface area contributed by atoms with Gasteiger partial charge in [-0.1, -0.05) is 20.8 Å². The van der Waals surface area contributed by atoms with E-state index in [-0.39, 0.29) is 17.9 Å². The van der Waals surface area contributed by atoms with Crippen molar-refractivity contribution in [2.75, 3.05) is 13.1 Å². The summed E-state index contributed by atoms with van der Waals surface area (Å²) in [5.74, 6) is -0.747. The van der Waals surface area contributed by atoms with Crippen LogP contribution in [0.2, 0.25) is 0 Å². The number of carboxylic acid groups (broad SMARTS) is 1. The lowest BCUT2D eigenvalue weighted by Gasteiger charge is -2.46. The second-order valence-electron chi connectivity index (χ2n) is 6.64. The first-order valence-electron chi connectivity index (χ1n) is 6.41. The molecule has 4 heteroatoms. The zero-order valence-corrected chi connectivity index (χ0v) is 11.3. The van der Waals surface area contributed by atoms with Crippen LogP contribution in [0.25, 0.3) is 0 Å². The van der Waals surface area contributed by atoms with Gasteiger partial charge in [-0.05, 0) is 30.1 Å². The van der Waals surface area contributed by atoms with E-state index in [9.17, 15) is 4.79 Å². The maximum absolute atomic E-state index is 10.4. The number of aliphatic carboxylic acids is 1. The average molecular weight is 242 g/mol. The highest BCUT2D eigenvalue weighted by molar-refractivity contribution is 5.66. The predicted molar refractivity (Wildman–Crippen MR) is 68.8 cm³/mol. The molecule has 0 amide bonds. The van der Waals surface area contributed by atoms with Crippen LogP contribution in [0.3, 0.4) is 0 Å². The van der Waals surface area contributed by atoms with E-state index < -0.39 is 5.97 Å². The first kappa shape index (κ1) is 14.5. The zero-order valence-electron chi connectivity index (χ0n) is 11.3. The van der Waals surface area contributed by atoms with Gasteiger partial charge >= 0.3 is 5.97 Å². The summed E-state index contributed by atoms with van der Waals surface area (Å²) in [6.07, 6.45) is 3.44. The Hall–Kier alpha value is -0.610. The normalized spacial score (nSPS) is 32.4. The van der Waals surface area contributed by atoms with Crippen LogP contribution in [0, 0.1) is 10.8 Å². The molecule has 2 atom stereocenters. The van der Waals surface area contributed by atoms with Gasteiger partial charge in [-0.3, -0.25) is 4.79 Å². The van der Waals surface area contributed by atoms with Crippen LogP contribution >= 0.6 is 0 Å². The van der Waals surface area contributed by atoms with E-state index in [1.165, 1.54) is 0 Å². The Morgan fingerprint density at radius 1 is 1.41 bits per heavy atom. The highest BCUT2D eigenvalue weighted by Crippen LogP contribution is 2.45. The Kier molecular flexibility index (Phi) is 4.55. The summed E-state index contributed by atoms with van der Waals surface area (Å²) in [6, 6.07) is 0.269. The van der Waals surface area contributed by atoms with E-state index in [0.717, 1.165) is 25.8 Å². The second-order valence-corrected chi connectivity index (χ2v) is 6.64. The minimum Gasteiger partial charge on any atom is -0.481 e. The van der Waals surface area contributed by atoms with Crippen molar-refractivity contribution in [3.8, 4) is 0 Å². The van der Waals surface area contributed by atoms with Crippen LogP contribution < -0.4 is 11.1 Å². The maximum atomic E-state index is 10.4. The summed E-state index contributed by atoms with van der Waals surface area (Å²) >= 11 is 0. The van der Waals surface area contributed by atoms with Gasteiger partial charge in [-0.25, -0.2) is 0 Å². The summed E-state index contributed by atoms with van der Waals surface area (Å²) in [4.78, 5) is 10.4. The largest absolute Gasteiger partial charge is 0.481 e. The molecular formula is C13H26N2O2. The number of hydrogen-bond acceptors (Lipinski definition) is 3. The van der Waals surface area contributed by atoms with E-state index in [1.54, 1.807) is 0 Å². The number of rotatable bonds is 5. The second kappa shape index (κ2) is 5.36. The molecule has 1 aliphatic rings. The van der Waals surface area contributed by atoms with Gasteiger partial charge in [0, 0.05) is 19.1 Å². The molecule has 4 nitrogen and oxygen atoms in total. The molecule has 1 saturated carbocycles. The molecule has 17 heavy (non-hydrogen) atoms. The monoisotopic (exact) mass is 242 g/mol. The van der Waals surface area contributed by atoms with Crippen LogP contribution in [0.5, 0.6) is 0 Å². The number of nitrogens with two attached hydrogens (primary N) is 1. The van der Waals surface area contributed by atoms with E-state index >= 15 is 0 Å². The van der Waals surface area contributed by atoms with Crippen LogP contribution in [0.1, 0.15) is 46.5 Å². The van der Waals surface area contributed by atoms with E-state index in [4.69, 9.17) is 10.8 Å². The molecule has 0 aromatic carbocycles. The van der Waals surface area contributed by atoms with Crippen molar-refractivity contribution < 1.29 is 9.90 Å². The minimum absolute atomic E-state index is 0.186. The average Bonchev–Trinajstić information content (AvgIpc) is 2.07. The van der Waals surface area contributed by atoms with Crippen molar-refractivity contribution in [1.29, 1.82) is 0 Å². The molecule has 0 aliphatic heterocycles. The van der Waals surface area contributed by atoms with Crippen LogP contribution in [0.4, 0.5) is 0 Å². The van der Waals surface area contributed by atoms with Crippen LogP contribution in [-0.2, 0) is 4.79 Å². The highest BCUT2D eigenvalue weighted by Gasteiger charge is 2.39. The Balaban J connectivity index is 2.41. The number of hydrogen-bond donors (Lipinski definition) is 3. The molecule has 0 aromatic heterocycles. The van der Waals surface area contributed by atoms with Crippen molar-refractivity contribution in [2.45, 2.75) is 52.5 Å². The number of nitrogens with one attached hydrogen (secondary N) is 1. The third kappa shape index (κ3) is 5.04. The fourth-order valence-electron chi connectivity index (χ4n) is 3.43. The molecule has 0 aromatic rings. The van der Waals surface area contributed by atoms with Gasteiger partial charge in [0.2, 0.25) is 0 Å². The fraction of sp³-hybridized carbons (Fsp3) is 0.923. The molecule has 1 fully saturated rings. The zero-order chi connectivity index (χ0) is 13.1. The van der Waals surface area contributed by atoms with Gasteiger partial charge < -0.3 is 16.2 Å². The van der Waals surface area contributed by atoms with Crippen molar-refractivity contribution in [1.82, 2.24) is 5.32 Å². The Morgan fingerprint density at radius 2 is 2.06 bits per heavy atom. The van der Waals surface area contributed by atoms with Crippen LogP contribution in [-0.4, -0.2) is 30.2 Å². The van der Waals surface area contributed by atoms with Gasteiger partial charge in [-0.15, -0.1) is 0 Å². The molecule has 4 N–H and O–H groups in total. The topological polar surface area (TPSA) is 75.3 Å². The van der Waals surface area contributed by atoms with Gasteiger partial charge in [0.05, 0.1) is 6.42 Å². The molecule has 100 valence electrons. The fourth-order valence-corrected chi connectivity index (χ4v) is 3.43. The standard InChI is InChI=1S/C13H26N2O2/c1-12(2)6-10(14)7-13(3,8-12)9-15-5-4-11(16)17/h10,15H,4-9,14H2,1-3H3,(H,16,17). The van der Waals surface area contributed by atoms with Crippen molar-refractivity contribution in [2.24, 2.45) is 16.6 Å². The number of carbonyl (C=O) groups is 1. The Bertz CT molecular complexity index is 279. The third-order valence-electron chi connectivity index (χ3n) is 3.54. The SMILES string of the molecule is CC1(C)CC(N)CC(C)(CNCCC(=O)O)C1. The van der Waals surface area contributed by atoms with E-state index in [0.29, 0.717) is 12.0 Å². The van der Waals surface area contributed by atoms with E-state index in [1.807, 2.05) is 0 Å². The summed E-state index contributed by atoms with van der Waals surface area (Å²) in [7, 11) is 0. The van der Waals surface area contributed by atoms with Crippen molar-refractivity contribution in [3.63, 3.8) is 0 Å². The smallest absolute Gasteiger partial charge is 0.304 e. The lowest BCUT2D eigenvalue weighted by Crippen LogP contribution is -2.46. The molecule has 0 spiro atoms. The number of carboxylic acids is 1. The van der Waals surface area contributed by atoms with E-state index in [2.05, 4.69) is 26.1 Å². The molecule has 0 radical (unpaired) electrons. The first-order chi connectivity index (χ1) is 7.72. The maximum Gasteiger partial charge on any atom is 0.304 e. The highest BCUT2D eigenvalue weighted by atomic mass is 16.4. The van der Waals surface area contributed by atoms with Gasteiger partial charge in [0.25, 0.3) is 0 Å². The summed E-state index contributed by atoms with van der Waals surface area (Å²) in [5, 5.41) is 11.8. The quantitative estimate of drug-likeness (QED) is 0.640. The third-order valence-corrected chi connectivity index (χ3v) is 3.54. The molecule has 0 bridgehead atoms. The van der Waals surface area contributed by atoms with Gasteiger partial charge in [0.15, 0.2) is 0 Å². The first-order valence-corrected chi connectivity index (χ1v) is 6.41. The lowest BCUT2D eigenvalue weighted by molar-refractivity contribution is -0.136. The lowest BCUT2D eigenvalue weighted by atomic mass is 9.63. The molecule has 0 saturated heterocycles. The molecule has 2 unspecified atom stereocenters. The Labute approximate surface area is 104 Å². The predicted octanol–water partition coefficient (Wildman–Crippen LogP) is 1.59. The summed E-state index contributed by atoms with van der Waals surface area (Å²) in [5.41, 5.74) is 6.60. The minimum atomic E-state index is -0.747. The molecule has 1 aliphatic carbocycles. The van der Waals surface area contributed by atoms with Crippen molar-refractivity contribution >= 4 is 5.97 Å².